The third-order valence-electron chi connectivity index (χ3n) is 3.98. The second-order valence-electron chi connectivity index (χ2n) is 6.16. The maximum Gasteiger partial charge on any atom is 0.259 e. The molecule has 1 aromatic carbocycles. The molecule has 27 heavy (non-hydrogen) atoms. The highest BCUT2D eigenvalue weighted by Gasteiger charge is 2.14. The van der Waals surface area contributed by atoms with Gasteiger partial charge in [-0.05, 0) is 50.5 Å². The summed E-state index contributed by atoms with van der Waals surface area (Å²) < 4.78 is 10.8. The van der Waals surface area contributed by atoms with Crippen LogP contribution in [0.5, 0.6) is 5.75 Å². The molecule has 0 unspecified atom stereocenters. The molecule has 2 aromatic rings. The van der Waals surface area contributed by atoms with Crippen LogP contribution < -0.4 is 15.8 Å². The molecule has 0 aliphatic rings. The summed E-state index contributed by atoms with van der Waals surface area (Å²) in [4.78, 5) is 16.9. The Morgan fingerprint density at radius 3 is 2.89 bits per heavy atom. The minimum Gasteiger partial charge on any atom is -0.494 e. The molecular weight excluding hydrogens is 342 g/mol. The summed E-state index contributed by atoms with van der Waals surface area (Å²) in [5.74, 6) is 0.588. The summed E-state index contributed by atoms with van der Waals surface area (Å²) in [5, 5.41) is 2.85. The van der Waals surface area contributed by atoms with Crippen LogP contribution in [0.2, 0.25) is 0 Å². The van der Waals surface area contributed by atoms with E-state index in [9.17, 15) is 4.79 Å². The van der Waals surface area contributed by atoms with Crippen molar-refractivity contribution in [3.63, 3.8) is 0 Å². The van der Waals surface area contributed by atoms with E-state index in [2.05, 4.69) is 16.4 Å². The minimum absolute atomic E-state index is 0.182. The van der Waals surface area contributed by atoms with Crippen molar-refractivity contribution >= 4 is 17.4 Å². The smallest absolute Gasteiger partial charge is 0.259 e. The van der Waals surface area contributed by atoms with Gasteiger partial charge in [0.2, 0.25) is 0 Å². The Hall–Kier alpha value is -2.86. The number of nitrogens with zero attached hydrogens (tertiary/aromatic N) is 1. The molecule has 2 rings (SSSR count). The molecule has 144 valence electrons. The normalized spacial score (nSPS) is 10.9. The van der Waals surface area contributed by atoms with E-state index >= 15 is 0 Å². The van der Waals surface area contributed by atoms with Gasteiger partial charge in [0.1, 0.15) is 11.6 Å². The number of amides is 1. The lowest BCUT2D eigenvalue weighted by Gasteiger charge is -2.12. The highest BCUT2D eigenvalue weighted by atomic mass is 16.5. The standard InChI is InChI=1S/C21H27N3O3/c1-4-5-6-7-11-27-17-10-8-9-16(13-17)23-21(25)18-12-15(2)19(14-26-3)24-20(18)22/h4-5,8-10,12-13H,6-7,11,14H2,1-3H3,(H2,22,24)(H,23,25). The van der Waals surface area contributed by atoms with Crippen molar-refractivity contribution in [3.8, 4) is 5.75 Å². The lowest BCUT2D eigenvalue weighted by atomic mass is 10.1. The van der Waals surface area contributed by atoms with E-state index in [-0.39, 0.29) is 11.7 Å². The Morgan fingerprint density at radius 2 is 2.15 bits per heavy atom. The van der Waals surface area contributed by atoms with Crippen LogP contribution in [0.4, 0.5) is 11.5 Å². The van der Waals surface area contributed by atoms with Crippen LogP contribution in [0, 0.1) is 6.92 Å². The highest BCUT2D eigenvalue weighted by molar-refractivity contribution is 6.07. The molecule has 0 bridgehead atoms. The van der Waals surface area contributed by atoms with Crippen LogP contribution in [0.15, 0.2) is 42.5 Å². The number of hydrogen-bond donors (Lipinski definition) is 2. The number of benzene rings is 1. The topological polar surface area (TPSA) is 86.5 Å². The zero-order valence-electron chi connectivity index (χ0n) is 16.1. The zero-order valence-corrected chi connectivity index (χ0v) is 16.1. The number of nitrogens with two attached hydrogens (primary N) is 1. The van der Waals surface area contributed by atoms with Crippen LogP contribution in [-0.4, -0.2) is 24.6 Å². The molecule has 6 heteroatoms. The number of rotatable bonds is 9. The van der Waals surface area contributed by atoms with Crippen molar-refractivity contribution < 1.29 is 14.3 Å². The minimum atomic E-state index is -0.308. The number of ether oxygens (including phenoxy) is 2. The number of pyridine rings is 1. The van der Waals surface area contributed by atoms with E-state index in [4.69, 9.17) is 15.2 Å². The van der Waals surface area contributed by atoms with Crippen LogP contribution in [0.25, 0.3) is 0 Å². The predicted octanol–water partition coefficient (Wildman–Crippen LogP) is 4.11. The molecule has 1 amide bonds. The zero-order chi connectivity index (χ0) is 19.6. The number of carbonyl (C=O) groups excluding carboxylic acids is 1. The summed E-state index contributed by atoms with van der Waals surface area (Å²) in [6.45, 7) is 4.85. The lowest BCUT2D eigenvalue weighted by molar-refractivity contribution is 0.102. The number of anilines is 2. The number of allylic oxidation sites excluding steroid dienone is 2. The van der Waals surface area contributed by atoms with Crippen LogP contribution in [0.3, 0.4) is 0 Å². The molecule has 1 aromatic heterocycles. The molecule has 0 atom stereocenters. The van der Waals surface area contributed by atoms with Gasteiger partial charge in [-0.3, -0.25) is 4.79 Å². The maximum absolute atomic E-state index is 12.6. The number of unbranched alkanes of at least 4 members (excludes halogenated alkanes) is 1. The van der Waals surface area contributed by atoms with Gasteiger partial charge in [-0.15, -0.1) is 0 Å². The molecule has 3 N–H and O–H groups in total. The monoisotopic (exact) mass is 369 g/mol. The molecular formula is C21H27N3O3. The van der Waals surface area contributed by atoms with Crippen molar-refractivity contribution in [1.29, 1.82) is 0 Å². The number of aryl methyl sites for hydroxylation is 1. The second kappa shape index (κ2) is 10.3. The summed E-state index contributed by atoms with van der Waals surface area (Å²) in [6, 6.07) is 9.04. The number of hydrogen-bond acceptors (Lipinski definition) is 5. The quantitative estimate of drug-likeness (QED) is 0.513. The summed E-state index contributed by atoms with van der Waals surface area (Å²) in [5.41, 5.74) is 8.51. The Bertz CT molecular complexity index is 803. The van der Waals surface area contributed by atoms with Gasteiger partial charge in [0, 0.05) is 18.9 Å². The number of nitrogens with one attached hydrogen (secondary N) is 1. The van der Waals surface area contributed by atoms with E-state index in [0.29, 0.717) is 30.2 Å². The molecule has 1 heterocycles. The van der Waals surface area contributed by atoms with Gasteiger partial charge >= 0.3 is 0 Å². The van der Waals surface area contributed by atoms with E-state index < -0.39 is 0 Å². The molecule has 6 nitrogen and oxygen atoms in total. The molecule has 0 radical (unpaired) electrons. The summed E-state index contributed by atoms with van der Waals surface area (Å²) in [7, 11) is 1.59. The van der Waals surface area contributed by atoms with E-state index in [0.717, 1.165) is 24.1 Å². The van der Waals surface area contributed by atoms with Crippen LogP contribution >= 0.6 is 0 Å². The van der Waals surface area contributed by atoms with Gasteiger partial charge in [-0.1, -0.05) is 18.2 Å². The van der Waals surface area contributed by atoms with Gasteiger partial charge in [0.15, 0.2) is 0 Å². The van der Waals surface area contributed by atoms with Gasteiger partial charge in [0.25, 0.3) is 5.91 Å². The molecule has 0 spiro atoms. The van der Waals surface area contributed by atoms with Crippen LogP contribution in [-0.2, 0) is 11.3 Å². The Morgan fingerprint density at radius 1 is 1.33 bits per heavy atom. The van der Waals surface area contributed by atoms with Gasteiger partial charge in [0.05, 0.1) is 24.5 Å². The average molecular weight is 369 g/mol. The third kappa shape index (κ3) is 6.11. The largest absolute Gasteiger partial charge is 0.494 e. The molecule has 0 fully saturated rings. The SMILES string of the molecule is CC=CCCCOc1cccc(NC(=O)c2cc(C)c(COC)nc2N)c1. The van der Waals surface area contributed by atoms with E-state index in [1.165, 1.54) is 0 Å². The van der Waals surface area contributed by atoms with Gasteiger partial charge in [-0.25, -0.2) is 4.98 Å². The van der Waals surface area contributed by atoms with Crippen LogP contribution in [0.1, 0.15) is 41.4 Å². The summed E-state index contributed by atoms with van der Waals surface area (Å²) in [6.07, 6.45) is 6.06. The fourth-order valence-corrected chi connectivity index (χ4v) is 2.55. The number of carbonyl (C=O) groups is 1. The second-order valence-corrected chi connectivity index (χ2v) is 6.16. The number of methoxy groups -OCH3 is 1. The lowest BCUT2D eigenvalue weighted by Crippen LogP contribution is -2.16. The van der Waals surface area contributed by atoms with Crippen molar-refractivity contribution in [2.24, 2.45) is 0 Å². The first kappa shape index (κ1) is 20.5. The van der Waals surface area contributed by atoms with Gasteiger partial charge in [-0.2, -0.15) is 0 Å². The van der Waals surface area contributed by atoms with Crippen molar-refractivity contribution in [2.75, 3.05) is 24.8 Å². The third-order valence-corrected chi connectivity index (χ3v) is 3.98. The van der Waals surface area contributed by atoms with Crippen molar-refractivity contribution in [3.05, 3.63) is 59.3 Å². The van der Waals surface area contributed by atoms with Gasteiger partial charge < -0.3 is 20.5 Å². The van der Waals surface area contributed by atoms with Crippen molar-refractivity contribution in [2.45, 2.75) is 33.3 Å². The first-order valence-corrected chi connectivity index (χ1v) is 8.95. The maximum atomic E-state index is 12.6. The predicted molar refractivity (Wildman–Crippen MR) is 108 cm³/mol. The first-order valence-electron chi connectivity index (χ1n) is 8.95. The number of nitrogen functional groups attached to an aromatic ring is 1. The fraction of sp³-hybridized carbons (Fsp3) is 0.333. The molecule has 0 saturated carbocycles. The fourth-order valence-electron chi connectivity index (χ4n) is 2.55. The molecule has 0 aliphatic heterocycles. The summed E-state index contributed by atoms with van der Waals surface area (Å²) >= 11 is 0. The molecule has 0 saturated heterocycles. The molecule has 0 aliphatic carbocycles. The Kier molecular flexibility index (Phi) is 7.82. The van der Waals surface area contributed by atoms with E-state index in [1.54, 1.807) is 25.3 Å². The number of aromatic nitrogens is 1. The van der Waals surface area contributed by atoms with Crippen molar-refractivity contribution in [1.82, 2.24) is 4.98 Å². The first-order chi connectivity index (χ1) is 13.0. The van der Waals surface area contributed by atoms with E-state index in [1.807, 2.05) is 32.1 Å². The average Bonchev–Trinajstić information content (AvgIpc) is 2.64. The highest BCUT2D eigenvalue weighted by Crippen LogP contribution is 2.21. The Balaban J connectivity index is 2.03. The Labute approximate surface area is 160 Å².